The zero-order chi connectivity index (χ0) is 11.8. The fraction of sp³-hybridized carbons (Fsp3) is 0. The molecule has 0 bridgehead atoms. The first-order valence-corrected chi connectivity index (χ1v) is 4.60. The molecular weight excluding hydrogens is 264 g/mol. The van der Waals surface area contributed by atoms with Gasteiger partial charge in [0.25, 0.3) is 0 Å². The standard InChI is InChI=1S/C2H3BNO9S2.Li/c4-12-3(7)13-15(9)11-2(6)1(5)10-14-8;/h14H,4H2;/q-1;+1. The van der Waals surface area contributed by atoms with E-state index in [-0.39, 0.29) is 18.9 Å². The molecule has 0 aliphatic carbocycles. The van der Waals surface area contributed by atoms with Crippen molar-refractivity contribution in [3.05, 3.63) is 0 Å². The van der Waals surface area contributed by atoms with Gasteiger partial charge in [0.15, 0.2) is 11.9 Å². The third kappa shape index (κ3) is 7.96. The van der Waals surface area contributed by atoms with Crippen molar-refractivity contribution < 1.29 is 59.1 Å². The van der Waals surface area contributed by atoms with E-state index in [0.717, 1.165) is 0 Å². The molecule has 0 aromatic rings. The van der Waals surface area contributed by atoms with Crippen LogP contribution in [0.5, 0.6) is 0 Å². The van der Waals surface area contributed by atoms with Gasteiger partial charge in [-0.05, 0) is 0 Å². The first-order valence-electron chi connectivity index (χ1n) is 2.87. The van der Waals surface area contributed by atoms with E-state index in [1.807, 2.05) is 0 Å². The van der Waals surface area contributed by atoms with Crippen molar-refractivity contribution in [2.24, 2.45) is 5.90 Å². The van der Waals surface area contributed by atoms with Crippen LogP contribution in [0.25, 0.3) is 0 Å². The van der Waals surface area contributed by atoms with Gasteiger partial charge in [0, 0.05) is 0 Å². The van der Waals surface area contributed by atoms with Gasteiger partial charge in [-0.15, -0.1) is 0 Å². The van der Waals surface area contributed by atoms with E-state index < -0.39 is 42.6 Å². The Morgan fingerprint density at radius 2 is 1.94 bits per heavy atom. The molecule has 0 rings (SSSR count). The molecule has 0 saturated carbocycles. The predicted octanol–water partition coefficient (Wildman–Crippen LogP) is -7.23. The van der Waals surface area contributed by atoms with Gasteiger partial charge in [-0.2, -0.15) is 4.21 Å². The van der Waals surface area contributed by atoms with Crippen LogP contribution in [-0.2, 0) is 50.1 Å². The Balaban J connectivity index is 0. The summed E-state index contributed by atoms with van der Waals surface area (Å²) in [7, 11) is -2.35. The molecule has 0 aliphatic rings. The molecule has 0 radical (unpaired) electrons. The maximum absolute atomic E-state index is 10.6. The van der Waals surface area contributed by atoms with E-state index in [0.29, 0.717) is 0 Å². The number of carbonyl (C=O) groups is 2. The Kier molecular flexibility index (Phi) is 11.2. The average molecular weight is 267 g/mol. The normalized spacial score (nSPS) is 10.9. The molecule has 2 N–H and O–H groups in total. The summed E-state index contributed by atoms with van der Waals surface area (Å²) in [5.74, 6) is 0.868. The van der Waals surface area contributed by atoms with Crippen LogP contribution in [0.4, 0.5) is 0 Å². The van der Waals surface area contributed by atoms with Gasteiger partial charge in [-0.25, -0.2) is 19.7 Å². The van der Waals surface area contributed by atoms with Crippen molar-refractivity contribution in [3.63, 3.8) is 0 Å². The Morgan fingerprint density at radius 3 is 2.38 bits per heavy atom. The maximum atomic E-state index is 10.6. The van der Waals surface area contributed by atoms with Gasteiger partial charge >= 0.3 is 49.5 Å². The summed E-state index contributed by atoms with van der Waals surface area (Å²) >= 11 is -3.97. The van der Waals surface area contributed by atoms with Crippen molar-refractivity contribution in [2.75, 3.05) is 0 Å². The number of thiol groups is 1. The molecule has 0 saturated heterocycles. The molecule has 0 fully saturated rings. The predicted molar refractivity (Wildman–Crippen MR) is 42.0 cm³/mol. The van der Waals surface area contributed by atoms with E-state index in [2.05, 4.69) is 23.1 Å². The summed E-state index contributed by atoms with van der Waals surface area (Å²) in [5, 5.41) is 10.3. The molecule has 0 heterocycles. The van der Waals surface area contributed by atoms with Gasteiger partial charge in [-0.3, -0.25) is 0 Å². The van der Waals surface area contributed by atoms with Crippen LogP contribution in [-0.4, -0.2) is 27.7 Å². The zero-order valence-corrected chi connectivity index (χ0v) is 9.40. The first-order chi connectivity index (χ1) is 7.01. The number of hydrogen-bond acceptors (Lipinski definition) is 10. The molecule has 0 spiro atoms. The van der Waals surface area contributed by atoms with E-state index in [1.165, 1.54) is 0 Å². The molecule has 10 nitrogen and oxygen atoms in total. The Hall–Kier alpha value is -0.258. The second-order valence-electron chi connectivity index (χ2n) is 1.55. The number of nitrogens with two attached hydrogens (primary N) is 1. The molecule has 1 unspecified atom stereocenters. The van der Waals surface area contributed by atoms with Gasteiger partial charge in [-0.1, -0.05) is 0 Å². The van der Waals surface area contributed by atoms with Crippen molar-refractivity contribution in [1.82, 2.24) is 0 Å². The van der Waals surface area contributed by atoms with Crippen molar-refractivity contribution in [2.45, 2.75) is 0 Å². The second-order valence-corrected chi connectivity index (χ2v) is 2.65. The Morgan fingerprint density at radius 1 is 1.38 bits per heavy atom. The molecule has 86 valence electrons. The summed E-state index contributed by atoms with van der Waals surface area (Å²) in [6, 6.07) is 0. The van der Waals surface area contributed by atoms with E-state index >= 15 is 0 Å². The van der Waals surface area contributed by atoms with Gasteiger partial charge in [0.2, 0.25) is 0 Å². The fourth-order valence-corrected chi connectivity index (χ4v) is 0.820. The number of carbonyl (C=O) groups excluding carboxylic acids is 2. The van der Waals surface area contributed by atoms with E-state index in [1.54, 1.807) is 0 Å². The van der Waals surface area contributed by atoms with Crippen LogP contribution in [0.15, 0.2) is 0 Å². The van der Waals surface area contributed by atoms with Gasteiger partial charge in [0.1, 0.15) is 0 Å². The largest absolute Gasteiger partial charge is 1.00 e. The van der Waals surface area contributed by atoms with Crippen LogP contribution in [0, 0.1) is 0 Å². The molecule has 16 heavy (non-hydrogen) atoms. The quantitative estimate of drug-likeness (QED) is 0.212. The molecule has 0 aromatic carbocycles. The summed E-state index contributed by atoms with van der Waals surface area (Å²) in [5.41, 5.74) is 0. The Labute approximate surface area is 108 Å². The summed E-state index contributed by atoms with van der Waals surface area (Å²) in [4.78, 5) is 20.9. The van der Waals surface area contributed by atoms with Crippen molar-refractivity contribution >= 4 is 42.6 Å². The van der Waals surface area contributed by atoms with Crippen molar-refractivity contribution in [1.29, 1.82) is 0 Å². The zero-order valence-electron chi connectivity index (χ0n) is 7.68. The van der Waals surface area contributed by atoms with E-state index in [4.69, 9.17) is 0 Å². The topological polar surface area (TPSA) is 154 Å². The summed E-state index contributed by atoms with van der Waals surface area (Å²) in [6.07, 6.45) is 0. The average Bonchev–Trinajstić information content (AvgIpc) is 2.17. The third-order valence-corrected chi connectivity index (χ3v) is 1.54. The molecule has 0 amide bonds. The van der Waals surface area contributed by atoms with Crippen molar-refractivity contribution in [3.8, 4) is 0 Å². The molecular formula is C2H3BLiNO9S2. The van der Waals surface area contributed by atoms with Crippen LogP contribution < -0.4 is 29.8 Å². The third-order valence-electron chi connectivity index (χ3n) is 0.699. The van der Waals surface area contributed by atoms with Crippen LogP contribution in [0.2, 0.25) is 0 Å². The molecule has 0 aliphatic heterocycles. The first kappa shape index (κ1) is 18.1. The fourth-order valence-electron chi connectivity index (χ4n) is 0.273. The molecule has 0 aromatic heterocycles. The van der Waals surface area contributed by atoms with Crippen LogP contribution in [0.1, 0.15) is 0 Å². The SMILES string of the molecule is NOB([O-])OS(=O)OC(=O)C(=O)O[SH]=O.[Li+]. The minimum Gasteiger partial charge on any atom is -0.830 e. The maximum Gasteiger partial charge on any atom is 1.00 e. The smallest absolute Gasteiger partial charge is 0.830 e. The number of hydrogen-bond donors (Lipinski definition) is 2. The van der Waals surface area contributed by atoms with Gasteiger partial charge in [0.05, 0.1) is 0 Å². The van der Waals surface area contributed by atoms with Crippen LogP contribution >= 0.6 is 0 Å². The van der Waals surface area contributed by atoms with E-state index in [9.17, 15) is 23.0 Å². The molecule has 14 heteroatoms. The van der Waals surface area contributed by atoms with Crippen LogP contribution in [0.3, 0.4) is 0 Å². The summed E-state index contributed by atoms with van der Waals surface area (Å²) < 4.78 is 34.8. The van der Waals surface area contributed by atoms with Gasteiger partial charge < -0.3 is 22.2 Å². The minimum absolute atomic E-state index is 0. The second kappa shape index (κ2) is 9.93. The minimum atomic E-state index is -2.88. The summed E-state index contributed by atoms with van der Waals surface area (Å²) in [6.45, 7) is 0. The monoisotopic (exact) mass is 267 g/mol. The number of rotatable bonds is 5. The molecule has 1 atom stereocenters. The Bertz CT molecular complexity index is 287.